The van der Waals surface area contributed by atoms with Gasteiger partial charge in [0.15, 0.2) is 0 Å². The van der Waals surface area contributed by atoms with Gasteiger partial charge in [-0.05, 0) is 43.0 Å². The molecule has 0 spiro atoms. The fourth-order valence-corrected chi connectivity index (χ4v) is 3.26. The van der Waals surface area contributed by atoms with Gasteiger partial charge in [0.05, 0.1) is 6.42 Å². The van der Waals surface area contributed by atoms with E-state index in [0.717, 1.165) is 53.3 Å². The van der Waals surface area contributed by atoms with Crippen molar-refractivity contribution < 1.29 is 9.90 Å². The molecular weight excluding hydrogens is 272 g/mol. The Morgan fingerprint density at radius 3 is 2.35 bits per heavy atom. The summed E-state index contributed by atoms with van der Waals surface area (Å²) in [4.78, 5) is 14.4. The van der Waals surface area contributed by atoms with E-state index < -0.39 is 5.97 Å². The van der Waals surface area contributed by atoms with Gasteiger partial charge < -0.3 is 15.3 Å². The van der Waals surface area contributed by atoms with Crippen LogP contribution in [0, 0.1) is 20.8 Å². The molecule has 0 bridgehead atoms. The molecule has 0 aromatic heterocycles. The predicted octanol–water partition coefficient (Wildman–Crippen LogP) is 1.94. The van der Waals surface area contributed by atoms with E-state index in [-0.39, 0.29) is 6.42 Å². The maximum absolute atomic E-state index is 11.1. The highest BCUT2D eigenvalue weighted by atomic mass is 32.1. The molecule has 1 aromatic carbocycles. The molecule has 1 aliphatic heterocycles. The summed E-state index contributed by atoms with van der Waals surface area (Å²) < 4.78 is 0. The van der Waals surface area contributed by atoms with Gasteiger partial charge in [0.1, 0.15) is 0 Å². The monoisotopic (exact) mass is 294 g/mol. The Balaban J connectivity index is 2.54. The number of carboxylic acid groups (broad SMARTS) is 1. The van der Waals surface area contributed by atoms with E-state index in [1.807, 2.05) is 13.8 Å². The van der Waals surface area contributed by atoms with Crippen LogP contribution in [0.1, 0.15) is 22.3 Å². The van der Waals surface area contributed by atoms with Crippen LogP contribution < -0.4 is 10.2 Å². The van der Waals surface area contributed by atoms with E-state index in [1.165, 1.54) is 5.69 Å². The average molecular weight is 294 g/mol. The molecular formula is C15H22N2O2S. The first-order chi connectivity index (χ1) is 9.43. The van der Waals surface area contributed by atoms with Crippen LogP contribution in [0.15, 0.2) is 4.90 Å². The van der Waals surface area contributed by atoms with Crippen molar-refractivity contribution in [3.63, 3.8) is 0 Å². The van der Waals surface area contributed by atoms with Gasteiger partial charge in [-0.2, -0.15) is 0 Å². The molecule has 1 saturated heterocycles. The summed E-state index contributed by atoms with van der Waals surface area (Å²) in [5, 5.41) is 12.5. The van der Waals surface area contributed by atoms with Crippen LogP contribution in [0.5, 0.6) is 0 Å². The smallest absolute Gasteiger partial charge is 0.307 e. The van der Waals surface area contributed by atoms with E-state index in [0.29, 0.717) is 0 Å². The van der Waals surface area contributed by atoms with Crippen molar-refractivity contribution in [2.45, 2.75) is 32.1 Å². The molecule has 5 heteroatoms. The van der Waals surface area contributed by atoms with Crippen molar-refractivity contribution in [3.05, 3.63) is 22.3 Å². The molecule has 1 aromatic rings. The van der Waals surface area contributed by atoms with Gasteiger partial charge in [-0.25, -0.2) is 0 Å². The lowest BCUT2D eigenvalue weighted by Crippen LogP contribution is -2.44. The normalized spacial score (nSPS) is 15.5. The lowest BCUT2D eigenvalue weighted by molar-refractivity contribution is -0.136. The van der Waals surface area contributed by atoms with Gasteiger partial charge in [-0.3, -0.25) is 4.79 Å². The van der Waals surface area contributed by atoms with E-state index in [4.69, 9.17) is 5.11 Å². The summed E-state index contributed by atoms with van der Waals surface area (Å²) in [6.45, 7) is 9.88. The lowest BCUT2D eigenvalue weighted by atomic mass is 9.94. The molecule has 2 N–H and O–H groups in total. The zero-order chi connectivity index (χ0) is 14.9. The average Bonchev–Trinajstić information content (AvgIpc) is 2.42. The van der Waals surface area contributed by atoms with Crippen LogP contribution in [0.4, 0.5) is 5.69 Å². The van der Waals surface area contributed by atoms with Crippen molar-refractivity contribution in [1.82, 2.24) is 5.32 Å². The van der Waals surface area contributed by atoms with E-state index in [2.05, 4.69) is 29.8 Å². The Labute approximate surface area is 125 Å². The van der Waals surface area contributed by atoms with Crippen LogP contribution in [0.3, 0.4) is 0 Å². The fourth-order valence-electron chi connectivity index (χ4n) is 3.02. The van der Waals surface area contributed by atoms with Crippen molar-refractivity contribution in [3.8, 4) is 0 Å². The zero-order valence-corrected chi connectivity index (χ0v) is 13.2. The van der Waals surface area contributed by atoms with Crippen molar-refractivity contribution in [1.29, 1.82) is 0 Å². The molecule has 2 rings (SSSR count). The fraction of sp³-hybridized carbons (Fsp3) is 0.533. The predicted molar refractivity (Wildman–Crippen MR) is 84.3 cm³/mol. The number of hydrogen-bond acceptors (Lipinski definition) is 4. The molecule has 20 heavy (non-hydrogen) atoms. The molecule has 0 saturated carbocycles. The molecule has 1 aliphatic rings. The topological polar surface area (TPSA) is 52.6 Å². The Hall–Kier alpha value is -1.20. The number of thiol groups is 1. The highest BCUT2D eigenvalue weighted by molar-refractivity contribution is 7.80. The number of aliphatic carboxylic acids is 1. The summed E-state index contributed by atoms with van der Waals surface area (Å²) in [6, 6.07) is 0. The number of benzene rings is 1. The summed E-state index contributed by atoms with van der Waals surface area (Å²) in [6.07, 6.45) is 0.0601. The first-order valence-electron chi connectivity index (χ1n) is 6.92. The summed E-state index contributed by atoms with van der Waals surface area (Å²) in [5.41, 5.74) is 5.30. The van der Waals surface area contributed by atoms with Gasteiger partial charge in [-0.1, -0.05) is 0 Å². The highest BCUT2D eigenvalue weighted by Crippen LogP contribution is 2.36. The third-order valence-corrected chi connectivity index (χ3v) is 4.76. The summed E-state index contributed by atoms with van der Waals surface area (Å²) in [7, 11) is 0. The molecule has 1 fully saturated rings. The van der Waals surface area contributed by atoms with Gasteiger partial charge in [0.25, 0.3) is 0 Å². The molecule has 0 atom stereocenters. The second-order valence-electron chi connectivity index (χ2n) is 5.36. The standard InChI is InChI=1S/C15H22N2O2S/c1-9-12(8-13(18)19)10(2)15(20)11(3)14(9)17-6-4-16-5-7-17/h16,20H,4-8H2,1-3H3,(H,18,19). The van der Waals surface area contributed by atoms with Crippen LogP contribution in [0.2, 0.25) is 0 Å². The maximum Gasteiger partial charge on any atom is 0.307 e. The molecule has 110 valence electrons. The first-order valence-corrected chi connectivity index (χ1v) is 7.37. The molecule has 0 radical (unpaired) electrons. The quantitative estimate of drug-likeness (QED) is 0.746. The van der Waals surface area contributed by atoms with Gasteiger partial charge in [0, 0.05) is 36.8 Å². The number of carboxylic acids is 1. The number of piperazine rings is 1. The van der Waals surface area contributed by atoms with Crippen LogP contribution >= 0.6 is 12.6 Å². The maximum atomic E-state index is 11.1. The molecule has 0 amide bonds. The number of nitrogens with zero attached hydrogens (tertiary/aromatic N) is 1. The van der Waals surface area contributed by atoms with Crippen molar-refractivity contribution in [2.24, 2.45) is 0 Å². The minimum absolute atomic E-state index is 0.0601. The largest absolute Gasteiger partial charge is 0.481 e. The number of hydrogen-bond donors (Lipinski definition) is 3. The van der Waals surface area contributed by atoms with Crippen molar-refractivity contribution in [2.75, 3.05) is 31.1 Å². The second-order valence-corrected chi connectivity index (χ2v) is 5.81. The highest BCUT2D eigenvalue weighted by Gasteiger charge is 2.21. The molecule has 4 nitrogen and oxygen atoms in total. The number of nitrogens with one attached hydrogen (secondary N) is 1. The van der Waals surface area contributed by atoms with Crippen LogP contribution in [0.25, 0.3) is 0 Å². The van der Waals surface area contributed by atoms with Gasteiger partial charge in [-0.15, -0.1) is 12.6 Å². The zero-order valence-electron chi connectivity index (χ0n) is 12.3. The van der Waals surface area contributed by atoms with Crippen molar-refractivity contribution >= 4 is 24.3 Å². The Bertz CT molecular complexity index is 537. The molecule has 0 unspecified atom stereocenters. The minimum Gasteiger partial charge on any atom is -0.481 e. The van der Waals surface area contributed by atoms with Gasteiger partial charge in [0.2, 0.25) is 0 Å². The third kappa shape index (κ3) is 2.79. The second kappa shape index (κ2) is 6.06. The van der Waals surface area contributed by atoms with Crippen LogP contribution in [-0.4, -0.2) is 37.3 Å². The molecule has 1 heterocycles. The number of carbonyl (C=O) groups is 1. The molecule has 0 aliphatic carbocycles. The summed E-state index contributed by atoms with van der Waals surface area (Å²) >= 11 is 4.60. The van der Waals surface area contributed by atoms with Crippen LogP contribution in [-0.2, 0) is 11.2 Å². The summed E-state index contributed by atoms with van der Waals surface area (Å²) in [5.74, 6) is -0.793. The Kier molecular flexibility index (Phi) is 4.60. The SMILES string of the molecule is Cc1c(S)c(C)c(N2CCNCC2)c(C)c1CC(=O)O. The van der Waals surface area contributed by atoms with E-state index in [9.17, 15) is 4.79 Å². The number of rotatable bonds is 3. The van der Waals surface area contributed by atoms with Gasteiger partial charge >= 0.3 is 5.97 Å². The third-order valence-electron chi connectivity index (χ3n) is 4.09. The van der Waals surface area contributed by atoms with E-state index >= 15 is 0 Å². The van der Waals surface area contributed by atoms with E-state index in [1.54, 1.807) is 0 Å². The first kappa shape index (κ1) is 15.2. The number of anilines is 1. The minimum atomic E-state index is -0.793. The Morgan fingerprint density at radius 1 is 1.20 bits per heavy atom. The lowest BCUT2D eigenvalue weighted by Gasteiger charge is -2.34. The Morgan fingerprint density at radius 2 is 1.80 bits per heavy atom.